The Morgan fingerprint density at radius 1 is 1.33 bits per heavy atom. The minimum Gasteiger partial charge on any atom is -0.349 e. The highest BCUT2D eigenvalue weighted by Gasteiger charge is 2.08. The lowest BCUT2D eigenvalue weighted by Gasteiger charge is -2.13. The second kappa shape index (κ2) is 6.23. The van der Waals surface area contributed by atoms with E-state index in [-0.39, 0.29) is 11.9 Å². The Morgan fingerprint density at radius 3 is 2.60 bits per heavy atom. The number of rotatable bonds is 5. The van der Waals surface area contributed by atoms with Gasteiger partial charge in [0.25, 0.3) is 0 Å². The predicted molar refractivity (Wildman–Crippen MR) is 61.6 cm³/mol. The van der Waals surface area contributed by atoms with Crippen LogP contribution in [-0.2, 0) is 4.79 Å². The van der Waals surface area contributed by atoms with Gasteiger partial charge in [0, 0.05) is 0 Å². The lowest BCUT2D eigenvalue weighted by atomic mass is 10.1. The van der Waals surface area contributed by atoms with Gasteiger partial charge in [0.15, 0.2) is 0 Å². The zero-order valence-corrected chi connectivity index (χ0v) is 9.10. The average Bonchev–Trinajstić information content (AvgIpc) is 2.27. The van der Waals surface area contributed by atoms with Gasteiger partial charge in [0.05, 0.1) is 12.5 Å². The molecule has 1 aromatic carbocycles. The Morgan fingerprint density at radius 2 is 2.00 bits per heavy atom. The molecule has 15 heavy (non-hydrogen) atoms. The van der Waals surface area contributed by atoms with Gasteiger partial charge >= 0.3 is 0 Å². The van der Waals surface area contributed by atoms with Gasteiger partial charge in [-0.1, -0.05) is 37.3 Å². The first-order chi connectivity index (χ1) is 7.24. The van der Waals surface area contributed by atoms with Crippen LogP contribution >= 0.6 is 0 Å². The SMILES string of the molecule is C[CH][CH][CH]C(=O)N[C@@H](C)c1ccccc1. The van der Waals surface area contributed by atoms with Gasteiger partial charge in [-0.2, -0.15) is 0 Å². The number of hydrogen-bond acceptors (Lipinski definition) is 1. The number of nitrogens with one attached hydrogen (secondary N) is 1. The molecule has 1 N–H and O–H groups in total. The van der Waals surface area contributed by atoms with Crippen LogP contribution in [0, 0.1) is 19.3 Å². The molecule has 79 valence electrons. The molecule has 1 atom stereocenters. The largest absolute Gasteiger partial charge is 0.349 e. The first-order valence-corrected chi connectivity index (χ1v) is 5.05. The van der Waals surface area contributed by atoms with Crippen LogP contribution in [0.25, 0.3) is 0 Å². The fourth-order valence-corrected chi connectivity index (χ4v) is 1.27. The summed E-state index contributed by atoms with van der Waals surface area (Å²) in [6, 6.07) is 9.94. The summed E-state index contributed by atoms with van der Waals surface area (Å²) in [6.45, 7) is 3.85. The van der Waals surface area contributed by atoms with Crippen LogP contribution in [0.4, 0.5) is 0 Å². The number of hydrogen-bond donors (Lipinski definition) is 1. The van der Waals surface area contributed by atoms with Gasteiger partial charge in [-0.3, -0.25) is 4.79 Å². The monoisotopic (exact) mass is 202 g/mol. The summed E-state index contributed by atoms with van der Waals surface area (Å²) < 4.78 is 0. The lowest BCUT2D eigenvalue weighted by molar-refractivity contribution is -0.118. The summed E-state index contributed by atoms with van der Waals surface area (Å²) in [5, 5.41) is 2.89. The summed E-state index contributed by atoms with van der Waals surface area (Å²) in [6.07, 6.45) is 5.08. The Hall–Kier alpha value is -1.31. The van der Waals surface area contributed by atoms with Gasteiger partial charge in [-0.25, -0.2) is 0 Å². The predicted octanol–water partition coefficient (Wildman–Crippen LogP) is 2.50. The maximum absolute atomic E-state index is 11.4. The smallest absolute Gasteiger partial charge is 0.224 e. The average molecular weight is 202 g/mol. The second-order valence-corrected chi connectivity index (χ2v) is 3.33. The summed E-state index contributed by atoms with van der Waals surface area (Å²) >= 11 is 0. The van der Waals surface area contributed by atoms with Crippen molar-refractivity contribution in [3.63, 3.8) is 0 Å². The van der Waals surface area contributed by atoms with Gasteiger partial charge in [-0.15, -0.1) is 0 Å². The zero-order chi connectivity index (χ0) is 11.1. The van der Waals surface area contributed by atoms with E-state index in [0.717, 1.165) is 5.56 Å². The van der Waals surface area contributed by atoms with E-state index in [4.69, 9.17) is 0 Å². The van der Waals surface area contributed by atoms with Crippen molar-refractivity contribution >= 4 is 5.91 Å². The van der Waals surface area contributed by atoms with Crippen molar-refractivity contribution in [3.05, 3.63) is 55.2 Å². The minimum absolute atomic E-state index is 0.0419. The molecule has 3 radical (unpaired) electrons. The van der Waals surface area contributed by atoms with Crippen LogP contribution in [0.1, 0.15) is 25.5 Å². The van der Waals surface area contributed by atoms with E-state index in [0.29, 0.717) is 0 Å². The molecule has 0 saturated heterocycles. The molecule has 0 saturated carbocycles. The number of carbonyl (C=O) groups excluding carboxylic acids is 1. The molecule has 1 amide bonds. The van der Waals surface area contributed by atoms with Gasteiger partial charge in [0.2, 0.25) is 5.91 Å². The molecule has 0 fully saturated rings. The summed E-state index contributed by atoms with van der Waals surface area (Å²) in [5.74, 6) is -0.0653. The third-order valence-electron chi connectivity index (χ3n) is 2.10. The quantitative estimate of drug-likeness (QED) is 0.781. The Bertz CT molecular complexity index is 295. The van der Waals surface area contributed by atoms with Crippen molar-refractivity contribution < 1.29 is 4.79 Å². The van der Waals surface area contributed by atoms with Crippen LogP contribution in [0.15, 0.2) is 30.3 Å². The van der Waals surface area contributed by atoms with Crippen LogP contribution < -0.4 is 5.32 Å². The van der Waals surface area contributed by atoms with Crippen LogP contribution in [0.2, 0.25) is 0 Å². The summed E-state index contributed by atoms with van der Waals surface area (Å²) in [7, 11) is 0. The van der Waals surface area contributed by atoms with E-state index in [1.807, 2.05) is 50.6 Å². The third-order valence-corrected chi connectivity index (χ3v) is 2.10. The molecule has 0 unspecified atom stereocenters. The Balaban J connectivity index is 2.42. The number of benzene rings is 1. The number of amides is 1. The van der Waals surface area contributed by atoms with Gasteiger partial charge in [-0.05, 0) is 25.3 Å². The molecule has 0 bridgehead atoms. The maximum Gasteiger partial charge on any atom is 0.224 e. The second-order valence-electron chi connectivity index (χ2n) is 3.33. The highest BCUT2D eigenvalue weighted by Crippen LogP contribution is 2.11. The molecule has 0 aromatic heterocycles. The highest BCUT2D eigenvalue weighted by molar-refractivity contribution is 5.86. The van der Waals surface area contributed by atoms with Crippen LogP contribution in [0.5, 0.6) is 0 Å². The standard InChI is InChI=1S/C13H16NO/c1-3-4-10-13(15)14-11(2)12-8-6-5-7-9-12/h3-11H,1-2H3,(H,14,15)/t11-/m0/s1. The first kappa shape index (κ1) is 11.8. The fourth-order valence-electron chi connectivity index (χ4n) is 1.27. The van der Waals surface area contributed by atoms with Crippen LogP contribution in [0.3, 0.4) is 0 Å². The van der Waals surface area contributed by atoms with Crippen molar-refractivity contribution in [2.75, 3.05) is 0 Å². The van der Waals surface area contributed by atoms with E-state index in [1.165, 1.54) is 6.42 Å². The van der Waals surface area contributed by atoms with Crippen molar-refractivity contribution in [2.24, 2.45) is 0 Å². The normalized spacial score (nSPS) is 12.1. The van der Waals surface area contributed by atoms with Crippen molar-refractivity contribution in [1.82, 2.24) is 5.32 Å². The lowest BCUT2D eigenvalue weighted by Crippen LogP contribution is -2.26. The molecule has 1 rings (SSSR count). The van der Waals surface area contributed by atoms with Crippen LogP contribution in [-0.4, -0.2) is 5.91 Å². The molecule has 0 heterocycles. The topological polar surface area (TPSA) is 29.1 Å². The maximum atomic E-state index is 11.4. The third kappa shape index (κ3) is 4.15. The Labute approximate surface area is 91.7 Å². The van der Waals surface area contributed by atoms with E-state index in [2.05, 4.69) is 5.32 Å². The first-order valence-electron chi connectivity index (χ1n) is 5.05. The Kier molecular flexibility index (Phi) is 4.88. The van der Waals surface area contributed by atoms with Crippen molar-refractivity contribution in [3.8, 4) is 0 Å². The molecular weight excluding hydrogens is 186 g/mol. The molecule has 0 aliphatic heterocycles. The van der Waals surface area contributed by atoms with Crippen molar-refractivity contribution in [2.45, 2.75) is 19.9 Å². The fraction of sp³-hybridized carbons (Fsp3) is 0.231. The zero-order valence-electron chi connectivity index (χ0n) is 9.10. The molecule has 1 aromatic rings. The molecular formula is C13H16NO. The molecule has 2 nitrogen and oxygen atoms in total. The van der Waals surface area contributed by atoms with Gasteiger partial charge < -0.3 is 5.32 Å². The summed E-state index contributed by atoms with van der Waals surface area (Å²) in [5.41, 5.74) is 1.11. The van der Waals surface area contributed by atoms with Crippen molar-refractivity contribution in [1.29, 1.82) is 0 Å². The molecule has 0 spiro atoms. The minimum atomic E-state index is -0.0653. The van der Waals surface area contributed by atoms with E-state index in [9.17, 15) is 4.79 Å². The molecule has 0 aliphatic carbocycles. The molecule has 2 heteroatoms. The van der Waals surface area contributed by atoms with E-state index >= 15 is 0 Å². The highest BCUT2D eigenvalue weighted by atomic mass is 16.1. The van der Waals surface area contributed by atoms with E-state index in [1.54, 1.807) is 6.42 Å². The van der Waals surface area contributed by atoms with Gasteiger partial charge in [0.1, 0.15) is 0 Å². The summed E-state index contributed by atoms with van der Waals surface area (Å²) in [4.78, 5) is 11.4. The number of carbonyl (C=O) groups is 1. The van der Waals surface area contributed by atoms with E-state index < -0.39 is 0 Å². The number of unbranched alkanes of at least 4 members (excludes halogenated alkanes) is 1. The molecule has 0 aliphatic rings.